The number of rotatable bonds is 3. The molecule has 5 nitrogen and oxygen atoms in total. The van der Waals surface area contributed by atoms with Gasteiger partial charge in [-0.1, -0.05) is 0 Å². The molecule has 0 saturated carbocycles. The summed E-state index contributed by atoms with van der Waals surface area (Å²) in [7, 11) is 0. The molecule has 20 heavy (non-hydrogen) atoms. The van der Waals surface area contributed by atoms with Gasteiger partial charge in [0, 0.05) is 18.8 Å². The number of amides is 1. The second-order valence-electron chi connectivity index (χ2n) is 5.17. The van der Waals surface area contributed by atoms with Gasteiger partial charge in [0.15, 0.2) is 0 Å². The van der Waals surface area contributed by atoms with Gasteiger partial charge < -0.3 is 16.2 Å². The molecule has 1 aliphatic rings. The molecule has 2 rings (SSSR count). The number of piperidine rings is 1. The zero-order chi connectivity index (χ0) is 14.7. The van der Waals surface area contributed by atoms with E-state index >= 15 is 0 Å². The number of halogens is 1. The number of carbonyl (C=O) groups is 1. The number of aliphatic hydroxyl groups excluding tert-OH is 1. The Balaban J connectivity index is 1.95. The SMILES string of the molecule is CC(C(=O)Nc1ccc(F)c(N)c1)N1CCC(O)CC1. The minimum atomic E-state index is -0.499. The molecule has 6 heteroatoms. The van der Waals surface area contributed by atoms with E-state index in [2.05, 4.69) is 5.32 Å². The quantitative estimate of drug-likeness (QED) is 0.727. The molecule has 0 bridgehead atoms. The Morgan fingerprint density at radius 1 is 1.50 bits per heavy atom. The molecule has 1 heterocycles. The van der Waals surface area contributed by atoms with Crippen LogP contribution in [-0.4, -0.2) is 41.1 Å². The number of hydrogen-bond donors (Lipinski definition) is 3. The third-order valence-corrected chi connectivity index (χ3v) is 3.69. The fraction of sp³-hybridized carbons (Fsp3) is 0.500. The van der Waals surface area contributed by atoms with Gasteiger partial charge in [0.1, 0.15) is 5.82 Å². The Kier molecular flexibility index (Phi) is 4.57. The van der Waals surface area contributed by atoms with E-state index in [1.807, 2.05) is 11.8 Å². The molecular formula is C14H20FN3O2. The van der Waals surface area contributed by atoms with Crippen molar-refractivity contribution in [3.05, 3.63) is 24.0 Å². The van der Waals surface area contributed by atoms with Gasteiger partial charge in [0.25, 0.3) is 0 Å². The lowest BCUT2D eigenvalue weighted by atomic mass is 10.1. The summed E-state index contributed by atoms with van der Waals surface area (Å²) in [5.41, 5.74) is 5.96. The Morgan fingerprint density at radius 3 is 2.75 bits per heavy atom. The summed E-state index contributed by atoms with van der Waals surface area (Å²) >= 11 is 0. The molecule has 1 unspecified atom stereocenters. The summed E-state index contributed by atoms with van der Waals surface area (Å²) in [5.74, 6) is -0.659. The Morgan fingerprint density at radius 2 is 2.15 bits per heavy atom. The molecule has 1 aromatic rings. The van der Waals surface area contributed by atoms with Crippen molar-refractivity contribution in [3.63, 3.8) is 0 Å². The number of benzene rings is 1. The molecule has 110 valence electrons. The first-order chi connectivity index (χ1) is 9.47. The molecule has 1 aromatic carbocycles. The predicted molar refractivity (Wildman–Crippen MR) is 75.7 cm³/mol. The summed E-state index contributed by atoms with van der Waals surface area (Å²) in [6.07, 6.45) is 1.10. The number of carbonyl (C=O) groups excluding carboxylic acids is 1. The monoisotopic (exact) mass is 281 g/mol. The maximum atomic E-state index is 13.1. The van der Waals surface area contributed by atoms with Crippen molar-refractivity contribution in [1.82, 2.24) is 4.90 Å². The minimum Gasteiger partial charge on any atom is -0.396 e. The number of anilines is 2. The topological polar surface area (TPSA) is 78.6 Å². The highest BCUT2D eigenvalue weighted by atomic mass is 19.1. The van der Waals surface area contributed by atoms with Gasteiger partial charge in [0.2, 0.25) is 5.91 Å². The van der Waals surface area contributed by atoms with Crippen molar-refractivity contribution in [3.8, 4) is 0 Å². The lowest BCUT2D eigenvalue weighted by molar-refractivity contribution is -0.121. The van der Waals surface area contributed by atoms with Crippen LogP contribution in [0.4, 0.5) is 15.8 Å². The lowest BCUT2D eigenvalue weighted by Crippen LogP contribution is -2.47. The van der Waals surface area contributed by atoms with Gasteiger partial charge in [-0.3, -0.25) is 9.69 Å². The van der Waals surface area contributed by atoms with E-state index in [-0.39, 0.29) is 23.7 Å². The first-order valence-electron chi connectivity index (χ1n) is 6.75. The molecule has 0 aromatic heterocycles. The average Bonchev–Trinajstić information content (AvgIpc) is 2.43. The van der Waals surface area contributed by atoms with Gasteiger partial charge in [-0.15, -0.1) is 0 Å². The van der Waals surface area contributed by atoms with Crippen LogP contribution in [0.15, 0.2) is 18.2 Å². The summed E-state index contributed by atoms with van der Waals surface area (Å²) in [4.78, 5) is 14.2. The number of hydrogen-bond acceptors (Lipinski definition) is 4. The third kappa shape index (κ3) is 3.46. The molecule has 1 atom stereocenters. The second-order valence-corrected chi connectivity index (χ2v) is 5.17. The van der Waals surface area contributed by atoms with Crippen molar-refractivity contribution < 1.29 is 14.3 Å². The largest absolute Gasteiger partial charge is 0.396 e. The van der Waals surface area contributed by atoms with E-state index in [0.717, 1.165) is 0 Å². The smallest absolute Gasteiger partial charge is 0.241 e. The maximum absolute atomic E-state index is 13.1. The first-order valence-corrected chi connectivity index (χ1v) is 6.75. The molecule has 1 aliphatic heterocycles. The second kappa shape index (κ2) is 6.19. The van der Waals surface area contributed by atoms with Crippen LogP contribution >= 0.6 is 0 Å². The van der Waals surface area contributed by atoms with Crippen molar-refractivity contribution in [2.24, 2.45) is 0 Å². The number of nitrogens with one attached hydrogen (secondary N) is 1. The van der Waals surface area contributed by atoms with E-state index < -0.39 is 5.82 Å². The number of nitrogens with two attached hydrogens (primary N) is 1. The van der Waals surface area contributed by atoms with Crippen LogP contribution in [0.3, 0.4) is 0 Å². The van der Waals surface area contributed by atoms with E-state index in [1.54, 1.807) is 0 Å². The van der Waals surface area contributed by atoms with Gasteiger partial charge >= 0.3 is 0 Å². The molecule has 0 aliphatic carbocycles. The standard InChI is InChI=1S/C14H20FN3O2/c1-9(18-6-4-11(19)5-7-18)14(20)17-10-2-3-12(15)13(16)8-10/h2-3,8-9,11,19H,4-7,16H2,1H3,(H,17,20). The molecule has 1 amide bonds. The summed E-state index contributed by atoms with van der Waals surface area (Å²) in [6, 6.07) is 3.82. The van der Waals surface area contributed by atoms with Crippen molar-refractivity contribution in [1.29, 1.82) is 0 Å². The molecular weight excluding hydrogens is 261 g/mol. The van der Waals surface area contributed by atoms with Gasteiger partial charge in [-0.05, 0) is 38.0 Å². The highest BCUT2D eigenvalue weighted by Crippen LogP contribution is 2.18. The number of nitrogen functional groups attached to an aromatic ring is 1. The van der Waals surface area contributed by atoms with Crippen molar-refractivity contribution in [2.45, 2.75) is 31.9 Å². The molecule has 1 saturated heterocycles. The van der Waals surface area contributed by atoms with Crippen LogP contribution in [0.5, 0.6) is 0 Å². The van der Waals surface area contributed by atoms with Gasteiger partial charge in [-0.25, -0.2) is 4.39 Å². The van der Waals surface area contributed by atoms with E-state index in [0.29, 0.717) is 31.6 Å². The van der Waals surface area contributed by atoms with Crippen LogP contribution in [0.2, 0.25) is 0 Å². The van der Waals surface area contributed by atoms with Crippen LogP contribution in [0.25, 0.3) is 0 Å². The zero-order valence-electron chi connectivity index (χ0n) is 11.5. The van der Waals surface area contributed by atoms with Gasteiger partial charge in [0.05, 0.1) is 17.8 Å². The van der Waals surface area contributed by atoms with Crippen LogP contribution in [0, 0.1) is 5.82 Å². The first kappa shape index (κ1) is 14.7. The fourth-order valence-electron chi connectivity index (χ4n) is 2.31. The van der Waals surface area contributed by atoms with Crippen LogP contribution in [0.1, 0.15) is 19.8 Å². The van der Waals surface area contributed by atoms with E-state index in [9.17, 15) is 14.3 Å². The number of aliphatic hydroxyl groups is 1. The molecule has 0 radical (unpaired) electrons. The fourth-order valence-corrected chi connectivity index (χ4v) is 2.31. The van der Waals surface area contributed by atoms with Gasteiger partial charge in [-0.2, -0.15) is 0 Å². The van der Waals surface area contributed by atoms with Crippen molar-refractivity contribution in [2.75, 3.05) is 24.1 Å². The Hall–Kier alpha value is -1.66. The van der Waals surface area contributed by atoms with Crippen LogP contribution in [-0.2, 0) is 4.79 Å². The van der Waals surface area contributed by atoms with E-state index in [4.69, 9.17) is 5.73 Å². The minimum absolute atomic E-state index is 0.0107. The summed E-state index contributed by atoms with van der Waals surface area (Å²) in [5, 5.41) is 12.2. The Labute approximate surface area is 117 Å². The zero-order valence-corrected chi connectivity index (χ0v) is 11.5. The highest BCUT2D eigenvalue weighted by Gasteiger charge is 2.25. The summed E-state index contributed by atoms with van der Waals surface area (Å²) in [6.45, 7) is 3.21. The summed E-state index contributed by atoms with van der Waals surface area (Å²) < 4.78 is 13.1. The molecule has 1 fully saturated rings. The van der Waals surface area contributed by atoms with Crippen molar-refractivity contribution >= 4 is 17.3 Å². The molecule has 0 spiro atoms. The Bertz CT molecular complexity index is 487. The molecule has 4 N–H and O–H groups in total. The van der Waals surface area contributed by atoms with Crippen LogP contribution < -0.4 is 11.1 Å². The van der Waals surface area contributed by atoms with E-state index in [1.165, 1.54) is 18.2 Å². The number of nitrogens with zero attached hydrogens (tertiary/aromatic N) is 1. The maximum Gasteiger partial charge on any atom is 0.241 e. The average molecular weight is 281 g/mol. The normalized spacial score (nSPS) is 18.8. The third-order valence-electron chi connectivity index (χ3n) is 3.69. The lowest BCUT2D eigenvalue weighted by Gasteiger charge is -2.33. The predicted octanol–water partition coefficient (Wildman–Crippen LogP) is 1.19. The highest BCUT2D eigenvalue weighted by molar-refractivity contribution is 5.94. The number of likely N-dealkylation sites (tertiary alicyclic amines) is 1.